The lowest BCUT2D eigenvalue weighted by molar-refractivity contribution is -0.386. The normalized spacial score (nSPS) is 9.92. The maximum absolute atomic E-state index is 12.7. The zero-order chi connectivity index (χ0) is 9.30. The molecule has 0 aliphatic rings. The summed E-state index contributed by atoms with van der Waals surface area (Å²) in [5.74, 6) is -0.729. The molecule has 1 rings (SSSR count). The molecular formula is C6H4BrFN2O2. The van der Waals surface area contributed by atoms with Gasteiger partial charge in [-0.15, -0.1) is 0 Å². The van der Waals surface area contributed by atoms with Crippen molar-refractivity contribution < 1.29 is 9.31 Å². The van der Waals surface area contributed by atoms with Gasteiger partial charge >= 0.3 is 5.69 Å². The van der Waals surface area contributed by atoms with E-state index in [1.807, 2.05) is 0 Å². The average Bonchev–Trinajstić information content (AvgIpc) is 1.97. The fourth-order valence-electron chi connectivity index (χ4n) is 0.756. The molecule has 0 atom stereocenters. The number of rotatable bonds is 1. The van der Waals surface area contributed by atoms with Gasteiger partial charge in [-0.3, -0.25) is 15.1 Å². The molecule has 64 valence electrons. The molecule has 4 nitrogen and oxygen atoms in total. The van der Waals surface area contributed by atoms with Crippen LogP contribution in [0.4, 0.5) is 10.1 Å². The molecular weight excluding hydrogens is 231 g/mol. The van der Waals surface area contributed by atoms with Gasteiger partial charge in [-0.1, -0.05) is 0 Å². The van der Waals surface area contributed by atoms with Crippen molar-refractivity contribution >= 4 is 21.6 Å². The zero-order valence-electron chi connectivity index (χ0n) is 6.04. The summed E-state index contributed by atoms with van der Waals surface area (Å²) >= 11 is 2.77. The third-order valence-corrected chi connectivity index (χ3v) is 2.07. The molecule has 0 fully saturated rings. The van der Waals surface area contributed by atoms with Gasteiger partial charge in [-0.25, -0.2) is 4.39 Å². The van der Waals surface area contributed by atoms with E-state index < -0.39 is 10.7 Å². The first kappa shape index (κ1) is 9.05. The van der Waals surface area contributed by atoms with E-state index in [1.54, 1.807) is 0 Å². The molecule has 0 radical (unpaired) electrons. The Kier molecular flexibility index (Phi) is 2.37. The third kappa shape index (κ3) is 1.42. The van der Waals surface area contributed by atoms with Crippen LogP contribution in [-0.2, 0) is 0 Å². The van der Waals surface area contributed by atoms with Crippen LogP contribution in [0.5, 0.6) is 0 Å². The van der Waals surface area contributed by atoms with E-state index in [1.165, 1.54) is 6.92 Å². The lowest BCUT2D eigenvalue weighted by Crippen LogP contribution is -1.97. The Morgan fingerprint density at radius 2 is 2.33 bits per heavy atom. The first-order valence-electron chi connectivity index (χ1n) is 2.99. The number of pyridine rings is 1. The van der Waals surface area contributed by atoms with E-state index in [0.717, 1.165) is 6.20 Å². The Morgan fingerprint density at radius 1 is 1.75 bits per heavy atom. The van der Waals surface area contributed by atoms with Crippen LogP contribution in [0, 0.1) is 22.9 Å². The van der Waals surface area contributed by atoms with Crippen molar-refractivity contribution in [2.75, 3.05) is 0 Å². The van der Waals surface area contributed by atoms with Gasteiger partial charge in [-0.2, -0.15) is 0 Å². The Bertz CT molecular complexity index is 343. The van der Waals surface area contributed by atoms with Crippen molar-refractivity contribution in [1.82, 2.24) is 4.98 Å². The van der Waals surface area contributed by atoms with Gasteiger partial charge in [0.05, 0.1) is 11.1 Å². The van der Waals surface area contributed by atoms with Crippen molar-refractivity contribution in [2.45, 2.75) is 6.92 Å². The van der Waals surface area contributed by atoms with Crippen LogP contribution >= 0.6 is 15.9 Å². The zero-order valence-corrected chi connectivity index (χ0v) is 7.63. The largest absolute Gasteiger partial charge is 0.307 e. The molecule has 0 aliphatic carbocycles. The quantitative estimate of drug-likeness (QED) is 0.553. The fraction of sp³-hybridized carbons (Fsp3) is 0.167. The van der Waals surface area contributed by atoms with Crippen LogP contribution in [0.3, 0.4) is 0 Å². The smallest absolute Gasteiger partial charge is 0.258 e. The Morgan fingerprint density at radius 3 is 2.75 bits per heavy atom. The summed E-state index contributed by atoms with van der Waals surface area (Å²) < 4.78 is 12.6. The molecule has 0 spiro atoms. The Hall–Kier alpha value is -1.04. The summed E-state index contributed by atoms with van der Waals surface area (Å²) in [6.07, 6.45) is 0.937. The molecule has 6 heteroatoms. The molecule has 0 saturated heterocycles. The molecule has 1 heterocycles. The minimum atomic E-state index is -0.729. The van der Waals surface area contributed by atoms with Crippen LogP contribution in [0.25, 0.3) is 0 Å². The Labute approximate surface area is 75.7 Å². The van der Waals surface area contributed by atoms with E-state index in [4.69, 9.17) is 0 Å². The van der Waals surface area contributed by atoms with Crippen molar-refractivity contribution in [3.05, 3.63) is 32.3 Å². The highest BCUT2D eigenvalue weighted by molar-refractivity contribution is 9.10. The highest BCUT2D eigenvalue weighted by atomic mass is 79.9. The standard InChI is InChI=1S/C6H4BrFN2O2/c1-3-6(10(11)12)5(7)4(8)2-9-3/h2H,1H3. The molecule has 12 heavy (non-hydrogen) atoms. The predicted octanol–water partition coefficient (Wildman–Crippen LogP) is 2.20. The van der Waals surface area contributed by atoms with Crippen LogP contribution in [0.15, 0.2) is 10.7 Å². The summed E-state index contributed by atoms with van der Waals surface area (Å²) in [7, 11) is 0. The topological polar surface area (TPSA) is 56.0 Å². The number of hydrogen-bond donors (Lipinski definition) is 0. The summed E-state index contributed by atoms with van der Waals surface area (Å²) in [6, 6.07) is 0. The van der Waals surface area contributed by atoms with Crippen molar-refractivity contribution in [3.8, 4) is 0 Å². The maximum atomic E-state index is 12.7. The summed E-state index contributed by atoms with van der Waals surface area (Å²) in [4.78, 5) is 13.2. The number of aryl methyl sites for hydroxylation is 1. The highest BCUT2D eigenvalue weighted by Gasteiger charge is 2.19. The maximum Gasteiger partial charge on any atom is 0.307 e. The highest BCUT2D eigenvalue weighted by Crippen LogP contribution is 2.28. The van der Waals surface area contributed by atoms with E-state index in [0.29, 0.717) is 0 Å². The fourth-order valence-corrected chi connectivity index (χ4v) is 1.29. The first-order valence-corrected chi connectivity index (χ1v) is 3.78. The molecule has 0 N–H and O–H groups in total. The van der Waals surface area contributed by atoms with Gasteiger partial charge in [0, 0.05) is 0 Å². The summed E-state index contributed by atoms with van der Waals surface area (Å²) in [5, 5.41) is 10.4. The van der Waals surface area contributed by atoms with Gasteiger partial charge in [-0.05, 0) is 22.9 Å². The van der Waals surface area contributed by atoms with E-state index in [-0.39, 0.29) is 15.9 Å². The molecule has 0 bridgehead atoms. The van der Waals surface area contributed by atoms with Crippen LogP contribution in [-0.4, -0.2) is 9.91 Å². The average molecular weight is 235 g/mol. The minimum Gasteiger partial charge on any atom is -0.258 e. The minimum absolute atomic E-state index is 0.153. The predicted molar refractivity (Wildman–Crippen MR) is 43.3 cm³/mol. The lowest BCUT2D eigenvalue weighted by Gasteiger charge is -1.98. The summed E-state index contributed by atoms with van der Waals surface area (Å²) in [6.45, 7) is 1.45. The van der Waals surface area contributed by atoms with E-state index in [2.05, 4.69) is 20.9 Å². The molecule has 0 aromatic carbocycles. The van der Waals surface area contributed by atoms with Crippen LogP contribution < -0.4 is 0 Å². The first-order chi connectivity index (χ1) is 5.54. The van der Waals surface area contributed by atoms with Gasteiger partial charge < -0.3 is 0 Å². The van der Waals surface area contributed by atoms with Crippen molar-refractivity contribution in [3.63, 3.8) is 0 Å². The van der Waals surface area contributed by atoms with Crippen LogP contribution in [0.1, 0.15) is 5.69 Å². The molecule has 1 aromatic rings. The molecule has 0 amide bonds. The summed E-state index contributed by atoms with van der Waals surface area (Å²) in [5.41, 5.74) is -0.136. The number of nitrogens with zero attached hydrogens (tertiary/aromatic N) is 2. The van der Waals surface area contributed by atoms with Crippen molar-refractivity contribution in [2.24, 2.45) is 0 Å². The number of nitro groups is 1. The Balaban J connectivity index is 3.43. The SMILES string of the molecule is Cc1ncc(F)c(Br)c1[N+](=O)[O-]. The monoisotopic (exact) mass is 234 g/mol. The van der Waals surface area contributed by atoms with Gasteiger partial charge in [0.15, 0.2) is 5.82 Å². The van der Waals surface area contributed by atoms with Crippen LogP contribution in [0.2, 0.25) is 0 Å². The number of halogens is 2. The molecule has 0 aliphatic heterocycles. The number of hydrogen-bond acceptors (Lipinski definition) is 3. The van der Waals surface area contributed by atoms with Crippen molar-refractivity contribution in [1.29, 1.82) is 0 Å². The molecule has 0 saturated carbocycles. The second kappa shape index (κ2) is 3.14. The van der Waals surface area contributed by atoms with E-state index in [9.17, 15) is 14.5 Å². The second-order valence-corrected chi connectivity index (χ2v) is 2.90. The van der Waals surface area contributed by atoms with E-state index >= 15 is 0 Å². The van der Waals surface area contributed by atoms with Gasteiger partial charge in [0.2, 0.25) is 0 Å². The lowest BCUT2D eigenvalue weighted by atomic mass is 10.3. The molecule has 1 aromatic heterocycles. The third-order valence-electron chi connectivity index (χ3n) is 1.31. The second-order valence-electron chi connectivity index (χ2n) is 2.11. The van der Waals surface area contributed by atoms with Gasteiger partial charge in [0.1, 0.15) is 10.2 Å². The molecule has 0 unspecified atom stereocenters. The van der Waals surface area contributed by atoms with Gasteiger partial charge in [0.25, 0.3) is 0 Å². The number of aromatic nitrogens is 1.